The van der Waals surface area contributed by atoms with E-state index in [4.69, 9.17) is 5.11 Å². The van der Waals surface area contributed by atoms with Gasteiger partial charge < -0.3 is 10.4 Å². The molecule has 0 heterocycles. The second-order valence-corrected chi connectivity index (χ2v) is 7.34. The molecule has 0 aromatic rings. The Morgan fingerprint density at radius 2 is 2.00 bits per heavy atom. The lowest BCUT2D eigenvalue weighted by Gasteiger charge is -2.18. The topological polar surface area (TPSA) is 66.4 Å². The first-order valence-electron chi connectivity index (χ1n) is 7.15. The van der Waals surface area contributed by atoms with Gasteiger partial charge in [-0.1, -0.05) is 12.8 Å². The molecule has 4 nitrogen and oxygen atoms in total. The van der Waals surface area contributed by atoms with Crippen molar-refractivity contribution in [3.63, 3.8) is 0 Å². The maximum Gasteiger partial charge on any atom is 0.303 e. The number of aliphatic carboxylic acids is 1. The fourth-order valence-corrected chi connectivity index (χ4v) is 3.85. The van der Waals surface area contributed by atoms with E-state index < -0.39 is 5.97 Å². The standard InChI is InChI=1S/C14H23NO3S/c1-10(13(18)15-11-4-2-3-5-11)19-9-14(6-7-14)8-12(16)17/h10-11H,2-9H2,1H3,(H,15,18)(H,16,17). The number of carboxylic acid groups (broad SMARTS) is 1. The van der Waals surface area contributed by atoms with Crippen molar-refractivity contribution in [3.05, 3.63) is 0 Å². The van der Waals surface area contributed by atoms with E-state index in [9.17, 15) is 9.59 Å². The quantitative estimate of drug-likeness (QED) is 0.754. The first kappa shape index (κ1) is 14.7. The minimum atomic E-state index is -0.721. The van der Waals surface area contributed by atoms with Crippen LogP contribution in [0.2, 0.25) is 0 Å². The molecule has 5 heteroatoms. The second kappa shape index (κ2) is 6.16. The fourth-order valence-electron chi connectivity index (χ4n) is 2.64. The van der Waals surface area contributed by atoms with E-state index in [0.29, 0.717) is 6.04 Å². The van der Waals surface area contributed by atoms with Crippen LogP contribution < -0.4 is 5.32 Å². The summed E-state index contributed by atoms with van der Waals surface area (Å²) < 4.78 is 0. The van der Waals surface area contributed by atoms with Gasteiger partial charge >= 0.3 is 5.97 Å². The van der Waals surface area contributed by atoms with Crippen LogP contribution in [-0.4, -0.2) is 34.0 Å². The monoisotopic (exact) mass is 285 g/mol. The number of carboxylic acids is 1. The van der Waals surface area contributed by atoms with Gasteiger partial charge in [-0.2, -0.15) is 0 Å². The number of carbonyl (C=O) groups excluding carboxylic acids is 1. The SMILES string of the molecule is CC(SCC1(CC(=O)O)CC1)C(=O)NC1CCCC1. The summed E-state index contributed by atoms with van der Waals surface area (Å²) in [4.78, 5) is 22.8. The molecule has 2 saturated carbocycles. The predicted octanol–water partition coefficient (Wildman–Crippen LogP) is 2.42. The van der Waals surface area contributed by atoms with E-state index in [2.05, 4.69) is 5.32 Å². The zero-order valence-electron chi connectivity index (χ0n) is 11.5. The lowest BCUT2D eigenvalue weighted by atomic mass is 10.1. The number of hydrogen-bond donors (Lipinski definition) is 2. The van der Waals surface area contributed by atoms with Crippen LogP contribution in [0.15, 0.2) is 0 Å². The number of rotatable bonds is 7. The van der Waals surface area contributed by atoms with E-state index >= 15 is 0 Å². The molecule has 1 atom stereocenters. The van der Waals surface area contributed by atoms with Gasteiger partial charge in [-0.05, 0) is 38.0 Å². The summed E-state index contributed by atoms with van der Waals surface area (Å²) in [5.41, 5.74) is -0.0294. The average molecular weight is 285 g/mol. The molecular weight excluding hydrogens is 262 g/mol. The molecule has 108 valence electrons. The molecule has 0 aromatic heterocycles. The molecule has 1 unspecified atom stereocenters. The van der Waals surface area contributed by atoms with E-state index in [1.54, 1.807) is 11.8 Å². The van der Waals surface area contributed by atoms with Crippen molar-refractivity contribution < 1.29 is 14.7 Å². The minimum Gasteiger partial charge on any atom is -0.481 e. The molecule has 0 aromatic carbocycles. The first-order valence-corrected chi connectivity index (χ1v) is 8.19. The Hall–Kier alpha value is -0.710. The van der Waals surface area contributed by atoms with Crippen molar-refractivity contribution in [1.29, 1.82) is 0 Å². The van der Waals surface area contributed by atoms with E-state index in [1.807, 2.05) is 6.92 Å². The van der Waals surface area contributed by atoms with Gasteiger partial charge in [0, 0.05) is 11.8 Å². The molecule has 2 rings (SSSR count). The van der Waals surface area contributed by atoms with Crippen molar-refractivity contribution in [3.8, 4) is 0 Å². The molecule has 0 radical (unpaired) electrons. The van der Waals surface area contributed by atoms with Crippen LogP contribution in [-0.2, 0) is 9.59 Å². The summed E-state index contributed by atoms with van der Waals surface area (Å²) in [5.74, 6) is 0.183. The largest absolute Gasteiger partial charge is 0.481 e. The lowest BCUT2D eigenvalue weighted by molar-refractivity contribution is -0.138. The highest BCUT2D eigenvalue weighted by Crippen LogP contribution is 2.51. The maximum absolute atomic E-state index is 12.0. The maximum atomic E-state index is 12.0. The third kappa shape index (κ3) is 4.41. The molecule has 0 spiro atoms. The van der Waals surface area contributed by atoms with E-state index in [1.165, 1.54) is 12.8 Å². The van der Waals surface area contributed by atoms with Crippen LogP contribution >= 0.6 is 11.8 Å². The number of thioether (sulfide) groups is 1. The average Bonchev–Trinajstić information content (AvgIpc) is 2.89. The molecule has 0 bridgehead atoms. The zero-order valence-corrected chi connectivity index (χ0v) is 12.3. The Morgan fingerprint density at radius 1 is 1.37 bits per heavy atom. The van der Waals surface area contributed by atoms with Gasteiger partial charge in [0.15, 0.2) is 0 Å². The molecular formula is C14H23NO3S. The van der Waals surface area contributed by atoms with Gasteiger partial charge in [-0.15, -0.1) is 11.8 Å². The van der Waals surface area contributed by atoms with Crippen molar-refractivity contribution in [2.75, 3.05) is 5.75 Å². The van der Waals surface area contributed by atoms with Crippen molar-refractivity contribution >= 4 is 23.6 Å². The Morgan fingerprint density at radius 3 is 2.53 bits per heavy atom. The van der Waals surface area contributed by atoms with E-state index in [-0.39, 0.29) is 23.0 Å². The highest BCUT2D eigenvalue weighted by atomic mass is 32.2. The molecule has 1 amide bonds. The van der Waals surface area contributed by atoms with Crippen molar-refractivity contribution in [2.24, 2.45) is 5.41 Å². The van der Waals surface area contributed by atoms with E-state index in [0.717, 1.165) is 31.4 Å². The summed E-state index contributed by atoms with van der Waals surface area (Å²) >= 11 is 1.60. The summed E-state index contributed by atoms with van der Waals surface area (Å²) in [6, 6.07) is 0.365. The summed E-state index contributed by atoms with van der Waals surface area (Å²) in [6.07, 6.45) is 6.87. The van der Waals surface area contributed by atoms with Crippen LogP contribution in [0.3, 0.4) is 0 Å². The van der Waals surface area contributed by atoms with Gasteiger partial charge in [-0.3, -0.25) is 9.59 Å². The molecule has 2 N–H and O–H groups in total. The molecule has 0 aliphatic heterocycles. The van der Waals surface area contributed by atoms with Crippen LogP contribution in [0.25, 0.3) is 0 Å². The number of amides is 1. The molecule has 0 saturated heterocycles. The number of carbonyl (C=O) groups is 2. The molecule has 19 heavy (non-hydrogen) atoms. The van der Waals surface area contributed by atoms with Gasteiger partial charge in [0.1, 0.15) is 0 Å². The predicted molar refractivity (Wildman–Crippen MR) is 76.2 cm³/mol. The van der Waals surface area contributed by atoms with Gasteiger partial charge in [0.05, 0.1) is 11.7 Å². The third-order valence-electron chi connectivity index (χ3n) is 4.19. The number of nitrogens with one attached hydrogen (secondary N) is 1. The molecule has 2 aliphatic rings. The van der Waals surface area contributed by atoms with Crippen molar-refractivity contribution in [2.45, 2.75) is 63.2 Å². The van der Waals surface area contributed by atoms with Gasteiger partial charge in [0.2, 0.25) is 5.91 Å². The second-order valence-electron chi connectivity index (χ2n) is 6.01. The Labute approximate surface area is 118 Å². The minimum absolute atomic E-state index is 0.0294. The van der Waals surface area contributed by atoms with Gasteiger partial charge in [0.25, 0.3) is 0 Å². The highest BCUT2D eigenvalue weighted by molar-refractivity contribution is 8.00. The number of hydrogen-bond acceptors (Lipinski definition) is 3. The highest BCUT2D eigenvalue weighted by Gasteiger charge is 2.44. The lowest BCUT2D eigenvalue weighted by Crippen LogP contribution is -2.38. The Bertz CT molecular complexity index is 349. The van der Waals surface area contributed by atoms with Crippen LogP contribution in [0, 0.1) is 5.41 Å². The summed E-state index contributed by atoms with van der Waals surface area (Å²) in [6.45, 7) is 1.92. The fraction of sp³-hybridized carbons (Fsp3) is 0.857. The first-order chi connectivity index (χ1) is 9.01. The molecule has 2 fully saturated rings. The summed E-state index contributed by atoms with van der Waals surface area (Å²) in [5, 5.41) is 11.9. The summed E-state index contributed by atoms with van der Waals surface area (Å²) in [7, 11) is 0. The Balaban J connectivity index is 1.70. The normalized spacial score (nSPS) is 23.0. The van der Waals surface area contributed by atoms with Crippen LogP contribution in [0.5, 0.6) is 0 Å². The smallest absolute Gasteiger partial charge is 0.303 e. The zero-order chi connectivity index (χ0) is 13.9. The molecule has 2 aliphatic carbocycles. The Kier molecular flexibility index (Phi) is 4.76. The van der Waals surface area contributed by atoms with Crippen LogP contribution in [0.4, 0.5) is 0 Å². The van der Waals surface area contributed by atoms with Crippen molar-refractivity contribution in [1.82, 2.24) is 5.32 Å². The van der Waals surface area contributed by atoms with Gasteiger partial charge in [-0.25, -0.2) is 0 Å². The third-order valence-corrected chi connectivity index (χ3v) is 5.69. The van der Waals surface area contributed by atoms with Crippen LogP contribution in [0.1, 0.15) is 51.9 Å².